The molecule has 6 aromatic rings. The van der Waals surface area contributed by atoms with Crippen LogP contribution in [-0.4, -0.2) is 4.98 Å². The van der Waals surface area contributed by atoms with Gasteiger partial charge in [-0.25, -0.2) is 4.98 Å². The van der Waals surface area contributed by atoms with Crippen LogP contribution >= 0.6 is 0 Å². The first-order valence-electron chi connectivity index (χ1n) is 10.9. The predicted octanol–water partition coefficient (Wildman–Crippen LogP) is 8.48. The molecular formula is C30H23N. The Labute approximate surface area is 182 Å². The van der Waals surface area contributed by atoms with E-state index in [1.165, 1.54) is 48.8 Å². The van der Waals surface area contributed by atoms with Gasteiger partial charge in [-0.05, 0) is 62.0 Å². The third-order valence-corrected chi connectivity index (χ3v) is 6.42. The molecule has 0 fully saturated rings. The van der Waals surface area contributed by atoms with Crippen molar-refractivity contribution in [1.82, 2.24) is 4.98 Å². The first-order valence-corrected chi connectivity index (χ1v) is 10.9. The summed E-state index contributed by atoms with van der Waals surface area (Å²) < 4.78 is 0. The molecule has 1 nitrogen and oxygen atoms in total. The lowest BCUT2D eigenvalue weighted by Crippen LogP contribution is -1.91. The van der Waals surface area contributed by atoms with E-state index in [1.54, 1.807) is 0 Å². The van der Waals surface area contributed by atoms with E-state index in [-0.39, 0.29) is 0 Å². The fourth-order valence-corrected chi connectivity index (χ4v) is 4.73. The van der Waals surface area contributed by atoms with Gasteiger partial charge < -0.3 is 0 Å². The number of aromatic nitrogens is 1. The van der Waals surface area contributed by atoms with Gasteiger partial charge >= 0.3 is 0 Å². The summed E-state index contributed by atoms with van der Waals surface area (Å²) in [7, 11) is 0. The highest BCUT2D eigenvalue weighted by Crippen LogP contribution is 2.35. The zero-order valence-corrected chi connectivity index (χ0v) is 17.8. The second-order valence-electron chi connectivity index (χ2n) is 8.65. The van der Waals surface area contributed by atoms with Crippen molar-refractivity contribution >= 4 is 43.2 Å². The Hall–Kier alpha value is -3.71. The quantitative estimate of drug-likeness (QED) is 0.267. The summed E-state index contributed by atoms with van der Waals surface area (Å²) in [6, 6.07) is 35.1. The highest BCUT2D eigenvalue weighted by atomic mass is 14.7. The van der Waals surface area contributed by atoms with Gasteiger partial charge in [-0.1, -0.05) is 92.7 Å². The minimum Gasteiger partial charge on any atom is -0.248 e. The second kappa shape index (κ2) is 6.92. The Morgan fingerprint density at radius 2 is 1.29 bits per heavy atom. The summed E-state index contributed by atoms with van der Waals surface area (Å²) >= 11 is 0. The van der Waals surface area contributed by atoms with E-state index < -0.39 is 0 Å². The van der Waals surface area contributed by atoms with Crippen molar-refractivity contribution in [2.24, 2.45) is 0 Å². The molecule has 0 saturated carbocycles. The summed E-state index contributed by atoms with van der Waals surface area (Å²) in [5.41, 5.74) is 4.62. The van der Waals surface area contributed by atoms with Crippen molar-refractivity contribution in [3.8, 4) is 11.3 Å². The lowest BCUT2D eigenvalue weighted by atomic mass is 9.94. The van der Waals surface area contributed by atoms with Crippen LogP contribution in [0.3, 0.4) is 0 Å². The van der Waals surface area contributed by atoms with E-state index in [2.05, 4.69) is 111 Å². The summed E-state index contributed by atoms with van der Waals surface area (Å²) in [5.74, 6) is 0.510. The molecular weight excluding hydrogens is 374 g/mol. The molecule has 0 amide bonds. The molecule has 1 aromatic heterocycles. The van der Waals surface area contributed by atoms with Crippen LogP contribution in [0.5, 0.6) is 0 Å². The summed E-state index contributed by atoms with van der Waals surface area (Å²) in [6.45, 7) is 4.49. The Bertz CT molecular complexity index is 1610. The van der Waals surface area contributed by atoms with Crippen LogP contribution in [-0.2, 0) is 0 Å². The molecule has 1 heteroatoms. The highest BCUT2D eigenvalue weighted by Gasteiger charge is 2.11. The molecule has 0 aliphatic rings. The maximum Gasteiger partial charge on any atom is 0.0716 e. The molecule has 0 saturated heterocycles. The maximum absolute atomic E-state index is 5.13. The monoisotopic (exact) mass is 397 g/mol. The second-order valence-corrected chi connectivity index (χ2v) is 8.65. The minimum atomic E-state index is 0.510. The van der Waals surface area contributed by atoms with Gasteiger partial charge in [-0.2, -0.15) is 0 Å². The Kier molecular flexibility index (Phi) is 4.04. The van der Waals surface area contributed by atoms with Crippen LogP contribution in [0.4, 0.5) is 0 Å². The highest BCUT2D eigenvalue weighted by molar-refractivity contribution is 6.14. The van der Waals surface area contributed by atoms with Crippen LogP contribution in [0.1, 0.15) is 25.3 Å². The largest absolute Gasteiger partial charge is 0.248 e. The van der Waals surface area contributed by atoms with Crippen molar-refractivity contribution in [2.45, 2.75) is 19.8 Å². The van der Waals surface area contributed by atoms with E-state index in [0.29, 0.717) is 5.92 Å². The van der Waals surface area contributed by atoms with Gasteiger partial charge in [0, 0.05) is 10.9 Å². The van der Waals surface area contributed by atoms with Crippen molar-refractivity contribution in [3.05, 3.63) is 103 Å². The summed E-state index contributed by atoms with van der Waals surface area (Å²) in [6.07, 6.45) is 0. The van der Waals surface area contributed by atoms with Crippen LogP contribution in [0, 0.1) is 0 Å². The molecule has 31 heavy (non-hydrogen) atoms. The molecule has 0 N–H and O–H groups in total. The maximum atomic E-state index is 5.13. The lowest BCUT2D eigenvalue weighted by Gasteiger charge is -2.12. The van der Waals surface area contributed by atoms with Crippen molar-refractivity contribution < 1.29 is 0 Å². The van der Waals surface area contributed by atoms with E-state index in [0.717, 1.165) is 11.2 Å². The molecule has 0 radical (unpaired) electrons. The summed E-state index contributed by atoms with van der Waals surface area (Å²) in [4.78, 5) is 5.13. The first kappa shape index (κ1) is 18.1. The molecule has 6 rings (SSSR count). The van der Waals surface area contributed by atoms with Gasteiger partial charge in [-0.3, -0.25) is 0 Å². The number of benzene rings is 5. The molecule has 0 atom stereocenters. The number of pyridine rings is 1. The SMILES string of the molecule is CC(C)c1ccc2ccc3nc(-c4cc5ccccc5c5ccccc45)ccc3c2c1. The number of hydrogen-bond donors (Lipinski definition) is 0. The first-order chi connectivity index (χ1) is 15.2. The zero-order chi connectivity index (χ0) is 20.9. The molecule has 0 spiro atoms. The van der Waals surface area contributed by atoms with Gasteiger partial charge in [0.1, 0.15) is 0 Å². The topological polar surface area (TPSA) is 12.9 Å². The van der Waals surface area contributed by atoms with E-state index in [9.17, 15) is 0 Å². The molecule has 0 aliphatic carbocycles. The average Bonchev–Trinajstić information content (AvgIpc) is 2.82. The zero-order valence-electron chi connectivity index (χ0n) is 17.8. The molecule has 0 bridgehead atoms. The van der Waals surface area contributed by atoms with Gasteiger partial charge in [0.05, 0.1) is 11.2 Å². The number of hydrogen-bond acceptors (Lipinski definition) is 1. The van der Waals surface area contributed by atoms with E-state index in [1.807, 2.05) is 0 Å². The fourth-order valence-electron chi connectivity index (χ4n) is 4.73. The van der Waals surface area contributed by atoms with Crippen molar-refractivity contribution in [2.75, 3.05) is 0 Å². The predicted molar refractivity (Wildman–Crippen MR) is 134 cm³/mol. The van der Waals surface area contributed by atoms with Crippen LogP contribution in [0.25, 0.3) is 54.5 Å². The van der Waals surface area contributed by atoms with Gasteiger partial charge in [0.15, 0.2) is 0 Å². The van der Waals surface area contributed by atoms with Crippen LogP contribution in [0.15, 0.2) is 97.1 Å². The smallest absolute Gasteiger partial charge is 0.0716 e. The Morgan fingerprint density at radius 1 is 0.548 bits per heavy atom. The summed E-state index contributed by atoms with van der Waals surface area (Å²) in [5, 5.41) is 8.82. The molecule has 1 heterocycles. The van der Waals surface area contributed by atoms with Crippen molar-refractivity contribution in [1.29, 1.82) is 0 Å². The van der Waals surface area contributed by atoms with E-state index >= 15 is 0 Å². The van der Waals surface area contributed by atoms with Crippen LogP contribution in [0.2, 0.25) is 0 Å². The van der Waals surface area contributed by atoms with E-state index in [4.69, 9.17) is 4.98 Å². The Morgan fingerprint density at radius 3 is 2.13 bits per heavy atom. The number of nitrogens with zero attached hydrogens (tertiary/aromatic N) is 1. The lowest BCUT2D eigenvalue weighted by molar-refractivity contribution is 0.869. The third kappa shape index (κ3) is 2.89. The van der Waals surface area contributed by atoms with Crippen molar-refractivity contribution in [3.63, 3.8) is 0 Å². The molecule has 148 valence electrons. The van der Waals surface area contributed by atoms with Gasteiger partial charge in [-0.15, -0.1) is 0 Å². The van der Waals surface area contributed by atoms with Gasteiger partial charge in [0.25, 0.3) is 0 Å². The van der Waals surface area contributed by atoms with Crippen LogP contribution < -0.4 is 0 Å². The molecule has 0 aliphatic heterocycles. The fraction of sp³-hybridized carbons (Fsp3) is 0.100. The molecule has 0 unspecified atom stereocenters. The third-order valence-electron chi connectivity index (χ3n) is 6.42. The standard InChI is InChI=1S/C30H23N/c1-19(2)21-12-11-20-13-15-29-26(27(20)17-21)14-16-30(31-29)28-18-22-7-3-4-8-23(22)24-9-5-6-10-25(24)28/h3-19H,1-2H3. The Balaban J connectivity index is 1.63. The average molecular weight is 398 g/mol. The van der Waals surface area contributed by atoms with Gasteiger partial charge in [0.2, 0.25) is 0 Å². The minimum absolute atomic E-state index is 0.510. The number of rotatable bonds is 2. The normalized spacial score (nSPS) is 11.8. The molecule has 5 aromatic carbocycles. The number of fused-ring (bicyclic) bond motifs is 6.